The predicted octanol–water partition coefficient (Wildman–Crippen LogP) is 0.916. The van der Waals surface area contributed by atoms with Crippen molar-refractivity contribution in [2.45, 2.75) is 25.8 Å². The van der Waals surface area contributed by atoms with E-state index in [4.69, 9.17) is 4.74 Å². The summed E-state index contributed by atoms with van der Waals surface area (Å²) >= 11 is 0. The van der Waals surface area contributed by atoms with Crippen molar-refractivity contribution in [3.8, 4) is 5.88 Å². The van der Waals surface area contributed by atoms with E-state index in [2.05, 4.69) is 15.5 Å². The van der Waals surface area contributed by atoms with Gasteiger partial charge in [0.25, 0.3) is 0 Å². The Hall–Kier alpha value is -1.16. The molecule has 1 fully saturated rings. The van der Waals surface area contributed by atoms with E-state index < -0.39 is 0 Å². The predicted molar refractivity (Wildman–Crippen MR) is 53.3 cm³/mol. The minimum absolute atomic E-state index is 0.484. The lowest BCUT2D eigenvalue weighted by molar-refractivity contribution is 0.264. The van der Waals surface area contributed by atoms with Crippen LogP contribution < -0.4 is 10.1 Å². The standard InChI is InChI=1S/C10H15N3O/c1-8-4-5-10(13-12-8)14-7-9-3-2-6-11-9/h4-5,9,11H,2-3,6-7H2,1H3/t9-/m0/s1. The van der Waals surface area contributed by atoms with Crippen molar-refractivity contribution in [2.24, 2.45) is 0 Å². The Kier molecular flexibility index (Phi) is 2.93. The fourth-order valence-corrected chi connectivity index (χ4v) is 1.55. The van der Waals surface area contributed by atoms with Crippen LogP contribution in [0, 0.1) is 6.92 Å². The van der Waals surface area contributed by atoms with Crippen molar-refractivity contribution in [3.63, 3.8) is 0 Å². The van der Waals surface area contributed by atoms with Gasteiger partial charge < -0.3 is 10.1 Å². The highest BCUT2D eigenvalue weighted by Gasteiger charge is 2.14. The summed E-state index contributed by atoms with van der Waals surface area (Å²) in [5.41, 5.74) is 0.913. The summed E-state index contributed by atoms with van der Waals surface area (Å²) in [7, 11) is 0. The summed E-state index contributed by atoms with van der Waals surface area (Å²) in [6.07, 6.45) is 2.44. The number of ether oxygens (including phenoxy) is 1. The maximum absolute atomic E-state index is 5.51. The highest BCUT2D eigenvalue weighted by molar-refractivity contribution is 5.10. The molecule has 1 N–H and O–H groups in total. The zero-order chi connectivity index (χ0) is 9.80. The van der Waals surface area contributed by atoms with Crippen LogP contribution >= 0.6 is 0 Å². The molecule has 76 valence electrons. The monoisotopic (exact) mass is 193 g/mol. The van der Waals surface area contributed by atoms with E-state index in [0.717, 1.165) is 12.2 Å². The van der Waals surface area contributed by atoms with Crippen molar-refractivity contribution >= 4 is 0 Å². The molecule has 4 heteroatoms. The number of nitrogens with zero attached hydrogens (tertiary/aromatic N) is 2. The molecule has 0 radical (unpaired) electrons. The Morgan fingerprint density at radius 2 is 2.43 bits per heavy atom. The lowest BCUT2D eigenvalue weighted by Crippen LogP contribution is -2.28. The highest BCUT2D eigenvalue weighted by atomic mass is 16.5. The van der Waals surface area contributed by atoms with Crippen LogP contribution in [0.2, 0.25) is 0 Å². The number of rotatable bonds is 3. The molecule has 0 unspecified atom stereocenters. The smallest absolute Gasteiger partial charge is 0.233 e. The topological polar surface area (TPSA) is 47.0 Å². The molecule has 14 heavy (non-hydrogen) atoms. The van der Waals surface area contributed by atoms with Crippen LogP contribution in [-0.2, 0) is 0 Å². The van der Waals surface area contributed by atoms with Gasteiger partial charge in [0.15, 0.2) is 0 Å². The van der Waals surface area contributed by atoms with Crippen LogP contribution in [0.15, 0.2) is 12.1 Å². The molecule has 1 aromatic rings. The van der Waals surface area contributed by atoms with Crippen molar-refractivity contribution in [1.82, 2.24) is 15.5 Å². The van der Waals surface area contributed by atoms with Crippen LogP contribution in [-0.4, -0.2) is 29.4 Å². The van der Waals surface area contributed by atoms with E-state index in [1.54, 1.807) is 0 Å². The fourth-order valence-electron chi connectivity index (χ4n) is 1.55. The van der Waals surface area contributed by atoms with Crippen LogP contribution in [0.25, 0.3) is 0 Å². The summed E-state index contributed by atoms with van der Waals surface area (Å²) < 4.78 is 5.51. The first-order valence-corrected chi connectivity index (χ1v) is 5.01. The van der Waals surface area contributed by atoms with Crippen LogP contribution in [0.5, 0.6) is 5.88 Å². The van der Waals surface area contributed by atoms with Crippen molar-refractivity contribution < 1.29 is 4.74 Å². The third kappa shape index (κ3) is 2.42. The van der Waals surface area contributed by atoms with Gasteiger partial charge in [-0.15, -0.1) is 5.10 Å². The van der Waals surface area contributed by atoms with Gasteiger partial charge in [-0.25, -0.2) is 0 Å². The Morgan fingerprint density at radius 1 is 1.50 bits per heavy atom. The van der Waals surface area contributed by atoms with Crippen LogP contribution in [0.3, 0.4) is 0 Å². The maximum Gasteiger partial charge on any atom is 0.233 e. The molecular weight excluding hydrogens is 178 g/mol. The largest absolute Gasteiger partial charge is 0.475 e. The van der Waals surface area contributed by atoms with E-state index in [1.807, 2.05) is 19.1 Å². The molecule has 2 rings (SSSR count). The lowest BCUT2D eigenvalue weighted by Gasteiger charge is -2.10. The van der Waals surface area contributed by atoms with Gasteiger partial charge in [-0.3, -0.25) is 0 Å². The summed E-state index contributed by atoms with van der Waals surface area (Å²) in [6, 6.07) is 4.25. The molecule has 0 saturated carbocycles. The maximum atomic E-state index is 5.51. The second-order valence-electron chi connectivity index (χ2n) is 3.62. The first-order chi connectivity index (χ1) is 6.84. The molecule has 1 aliphatic rings. The van der Waals surface area contributed by atoms with Gasteiger partial charge >= 0.3 is 0 Å². The number of aryl methyl sites for hydroxylation is 1. The molecule has 4 nitrogen and oxygen atoms in total. The second kappa shape index (κ2) is 4.37. The first-order valence-electron chi connectivity index (χ1n) is 5.01. The molecular formula is C10H15N3O. The third-order valence-corrected chi connectivity index (χ3v) is 2.37. The Balaban J connectivity index is 1.82. The average Bonchev–Trinajstić information content (AvgIpc) is 2.70. The van der Waals surface area contributed by atoms with E-state index in [-0.39, 0.29) is 0 Å². The van der Waals surface area contributed by atoms with Gasteiger partial charge in [0, 0.05) is 12.1 Å². The van der Waals surface area contributed by atoms with Crippen LogP contribution in [0.4, 0.5) is 0 Å². The zero-order valence-corrected chi connectivity index (χ0v) is 8.36. The van der Waals surface area contributed by atoms with E-state index in [0.29, 0.717) is 18.5 Å². The Morgan fingerprint density at radius 3 is 3.07 bits per heavy atom. The van der Waals surface area contributed by atoms with E-state index >= 15 is 0 Å². The minimum atomic E-state index is 0.484. The molecule has 1 saturated heterocycles. The fraction of sp³-hybridized carbons (Fsp3) is 0.600. The minimum Gasteiger partial charge on any atom is -0.475 e. The third-order valence-electron chi connectivity index (χ3n) is 2.37. The Bertz CT molecular complexity index is 280. The number of hydrogen-bond donors (Lipinski definition) is 1. The van der Waals surface area contributed by atoms with Crippen LogP contribution in [0.1, 0.15) is 18.5 Å². The zero-order valence-electron chi connectivity index (χ0n) is 8.36. The van der Waals surface area contributed by atoms with Gasteiger partial charge in [-0.2, -0.15) is 5.10 Å². The van der Waals surface area contributed by atoms with Crippen molar-refractivity contribution in [2.75, 3.05) is 13.2 Å². The molecule has 1 atom stereocenters. The van der Waals surface area contributed by atoms with Crippen molar-refractivity contribution in [1.29, 1.82) is 0 Å². The summed E-state index contributed by atoms with van der Waals surface area (Å²) in [6.45, 7) is 3.71. The number of nitrogens with one attached hydrogen (secondary N) is 1. The SMILES string of the molecule is Cc1ccc(OC[C@@H]2CCCN2)nn1. The van der Waals surface area contributed by atoms with Crippen molar-refractivity contribution in [3.05, 3.63) is 17.8 Å². The average molecular weight is 193 g/mol. The van der Waals surface area contributed by atoms with Gasteiger partial charge in [0.2, 0.25) is 5.88 Å². The first kappa shape index (κ1) is 9.40. The van der Waals surface area contributed by atoms with Gasteiger partial charge in [0.05, 0.1) is 5.69 Å². The quantitative estimate of drug-likeness (QED) is 0.775. The van der Waals surface area contributed by atoms with Gasteiger partial charge in [0.1, 0.15) is 6.61 Å². The van der Waals surface area contributed by atoms with E-state index in [9.17, 15) is 0 Å². The molecule has 0 amide bonds. The molecule has 0 aromatic carbocycles. The molecule has 0 spiro atoms. The van der Waals surface area contributed by atoms with Gasteiger partial charge in [-0.05, 0) is 32.4 Å². The molecule has 1 aromatic heterocycles. The highest BCUT2D eigenvalue weighted by Crippen LogP contribution is 2.08. The second-order valence-corrected chi connectivity index (χ2v) is 3.62. The summed E-state index contributed by atoms with van der Waals surface area (Å²) in [5.74, 6) is 0.615. The normalized spacial score (nSPS) is 21.1. The molecule has 2 heterocycles. The number of aromatic nitrogens is 2. The lowest BCUT2D eigenvalue weighted by atomic mass is 10.2. The molecule has 0 aliphatic carbocycles. The molecule has 0 bridgehead atoms. The summed E-state index contributed by atoms with van der Waals surface area (Å²) in [4.78, 5) is 0. The molecule has 1 aliphatic heterocycles. The summed E-state index contributed by atoms with van der Waals surface area (Å²) in [5, 5.41) is 11.2. The van der Waals surface area contributed by atoms with Gasteiger partial charge in [-0.1, -0.05) is 0 Å². The Labute approximate surface area is 83.7 Å². The number of hydrogen-bond acceptors (Lipinski definition) is 4. The van der Waals surface area contributed by atoms with E-state index in [1.165, 1.54) is 12.8 Å².